The number of rotatable bonds is 3. The molecule has 1 amide bonds. The molecular weight excluding hydrogens is 360 g/mol. The van der Waals surface area contributed by atoms with E-state index in [0.29, 0.717) is 0 Å². The second-order valence-corrected chi connectivity index (χ2v) is 8.85. The van der Waals surface area contributed by atoms with Gasteiger partial charge in [0.2, 0.25) is 10.0 Å². The number of carbonyl (C=O) groups excluding carboxylic acids is 1. The lowest BCUT2D eigenvalue weighted by Crippen LogP contribution is -2.36. The van der Waals surface area contributed by atoms with Crippen LogP contribution < -0.4 is 4.90 Å². The van der Waals surface area contributed by atoms with Crippen molar-refractivity contribution in [2.24, 2.45) is 0 Å². The van der Waals surface area contributed by atoms with Gasteiger partial charge in [0.15, 0.2) is 0 Å². The zero-order chi connectivity index (χ0) is 18.4. The molecule has 1 aliphatic rings. The molecule has 5 nitrogen and oxygen atoms in total. The molecule has 0 fully saturated rings. The van der Waals surface area contributed by atoms with Crippen molar-refractivity contribution in [3.8, 4) is 0 Å². The SMILES string of the molecule is CC1Cc2ccccc2N1C(=O)c1cc(S(=O)(=O)N(C)C)ccc1Cl. The summed E-state index contributed by atoms with van der Waals surface area (Å²) in [5.74, 6) is -0.293. The molecule has 0 spiro atoms. The summed E-state index contributed by atoms with van der Waals surface area (Å²) < 4.78 is 25.8. The minimum absolute atomic E-state index is 0.0184. The zero-order valence-electron chi connectivity index (χ0n) is 14.2. The van der Waals surface area contributed by atoms with Gasteiger partial charge in [-0.05, 0) is 43.2 Å². The van der Waals surface area contributed by atoms with Crippen molar-refractivity contribution in [1.29, 1.82) is 0 Å². The number of hydrogen-bond donors (Lipinski definition) is 0. The molecule has 1 atom stereocenters. The summed E-state index contributed by atoms with van der Waals surface area (Å²) in [6.45, 7) is 1.96. The van der Waals surface area contributed by atoms with Crippen LogP contribution in [-0.2, 0) is 16.4 Å². The van der Waals surface area contributed by atoms with E-state index in [1.54, 1.807) is 4.90 Å². The molecule has 132 valence electrons. The average molecular weight is 379 g/mol. The van der Waals surface area contributed by atoms with Crippen LogP contribution in [0.25, 0.3) is 0 Å². The van der Waals surface area contributed by atoms with Gasteiger partial charge in [-0.2, -0.15) is 0 Å². The summed E-state index contributed by atoms with van der Waals surface area (Å²) in [6.07, 6.45) is 0.759. The van der Waals surface area contributed by atoms with Gasteiger partial charge in [-0.15, -0.1) is 0 Å². The zero-order valence-corrected chi connectivity index (χ0v) is 15.8. The van der Waals surface area contributed by atoms with Crippen LogP contribution in [0.4, 0.5) is 5.69 Å². The van der Waals surface area contributed by atoms with E-state index in [1.165, 1.54) is 32.3 Å². The molecule has 0 bridgehead atoms. The fraction of sp³-hybridized carbons (Fsp3) is 0.278. The number of hydrogen-bond acceptors (Lipinski definition) is 3. The first-order chi connectivity index (χ1) is 11.7. The van der Waals surface area contributed by atoms with Gasteiger partial charge in [0.05, 0.1) is 15.5 Å². The Balaban J connectivity index is 2.07. The van der Waals surface area contributed by atoms with Crippen molar-refractivity contribution in [2.75, 3.05) is 19.0 Å². The lowest BCUT2D eigenvalue weighted by Gasteiger charge is -2.23. The Hall–Kier alpha value is -1.89. The maximum Gasteiger partial charge on any atom is 0.260 e. The molecule has 2 aromatic carbocycles. The summed E-state index contributed by atoms with van der Waals surface area (Å²) in [6, 6.07) is 11.9. The molecule has 25 heavy (non-hydrogen) atoms. The van der Waals surface area contributed by atoms with Crippen molar-refractivity contribution in [3.63, 3.8) is 0 Å². The molecule has 1 heterocycles. The highest BCUT2D eigenvalue weighted by Gasteiger charge is 2.32. The van der Waals surface area contributed by atoms with Crippen LogP contribution >= 0.6 is 11.6 Å². The van der Waals surface area contributed by atoms with Crippen LogP contribution in [-0.4, -0.2) is 38.8 Å². The maximum absolute atomic E-state index is 13.1. The fourth-order valence-electron chi connectivity index (χ4n) is 3.04. The molecule has 0 saturated heterocycles. The highest BCUT2D eigenvalue weighted by atomic mass is 35.5. The monoisotopic (exact) mass is 378 g/mol. The summed E-state index contributed by atoms with van der Waals surface area (Å²) in [5, 5.41) is 0.235. The molecule has 0 aliphatic carbocycles. The summed E-state index contributed by atoms with van der Waals surface area (Å²) in [4.78, 5) is 14.9. The average Bonchev–Trinajstić information content (AvgIpc) is 2.90. The van der Waals surface area contributed by atoms with Crippen LogP contribution in [0, 0.1) is 0 Å². The fourth-order valence-corrected chi connectivity index (χ4v) is 4.17. The molecule has 1 aliphatic heterocycles. The lowest BCUT2D eigenvalue weighted by molar-refractivity contribution is 0.0981. The molecule has 7 heteroatoms. The Labute approximate surface area is 152 Å². The number of para-hydroxylation sites is 1. The lowest BCUT2D eigenvalue weighted by atomic mass is 10.1. The van der Waals surface area contributed by atoms with Gasteiger partial charge in [-0.3, -0.25) is 4.79 Å². The van der Waals surface area contributed by atoms with Gasteiger partial charge < -0.3 is 4.90 Å². The largest absolute Gasteiger partial charge is 0.305 e. The third-order valence-electron chi connectivity index (χ3n) is 4.37. The van der Waals surface area contributed by atoms with E-state index in [0.717, 1.165) is 22.0 Å². The van der Waals surface area contributed by atoms with E-state index in [1.807, 2.05) is 31.2 Å². The number of benzene rings is 2. The molecule has 0 aromatic heterocycles. The van der Waals surface area contributed by atoms with Gasteiger partial charge in [0, 0.05) is 25.8 Å². The molecule has 2 aromatic rings. The minimum Gasteiger partial charge on any atom is -0.305 e. The maximum atomic E-state index is 13.1. The first-order valence-corrected chi connectivity index (χ1v) is 9.69. The highest BCUT2D eigenvalue weighted by molar-refractivity contribution is 7.89. The Morgan fingerprint density at radius 2 is 1.88 bits per heavy atom. The number of fused-ring (bicyclic) bond motifs is 1. The van der Waals surface area contributed by atoms with E-state index in [2.05, 4.69) is 0 Å². The van der Waals surface area contributed by atoms with Crippen molar-refractivity contribution in [3.05, 3.63) is 58.6 Å². The number of nitrogens with zero attached hydrogens (tertiary/aromatic N) is 2. The molecule has 3 rings (SSSR count). The van der Waals surface area contributed by atoms with Gasteiger partial charge in [-0.1, -0.05) is 29.8 Å². The third-order valence-corrected chi connectivity index (χ3v) is 6.51. The first-order valence-electron chi connectivity index (χ1n) is 7.87. The second-order valence-electron chi connectivity index (χ2n) is 6.29. The second kappa shape index (κ2) is 6.44. The summed E-state index contributed by atoms with van der Waals surface area (Å²) >= 11 is 6.22. The van der Waals surface area contributed by atoms with Crippen LogP contribution in [0.2, 0.25) is 5.02 Å². The van der Waals surface area contributed by atoms with Gasteiger partial charge in [0.25, 0.3) is 5.91 Å². The van der Waals surface area contributed by atoms with Crippen molar-refractivity contribution in [2.45, 2.75) is 24.3 Å². The summed E-state index contributed by atoms with van der Waals surface area (Å²) in [7, 11) is -0.746. The molecule has 0 radical (unpaired) electrons. The molecule has 1 unspecified atom stereocenters. The minimum atomic E-state index is -3.64. The summed E-state index contributed by atoms with van der Waals surface area (Å²) in [5.41, 5.74) is 2.13. The van der Waals surface area contributed by atoms with E-state index in [4.69, 9.17) is 11.6 Å². The Bertz CT molecular complexity index is 941. The molecule has 0 saturated carbocycles. The van der Waals surface area contributed by atoms with E-state index >= 15 is 0 Å². The van der Waals surface area contributed by atoms with Crippen LogP contribution in [0.5, 0.6) is 0 Å². The van der Waals surface area contributed by atoms with Crippen molar-refractivity contribution < 1.29 is 13.2 Å². The Kier molecular flexibility index (Phi) is 4.62. The smallest absolute Gasteiger partial charge is 0.260 e. The number of sulfonamides is 1. The number of carbonyl (C=O) groups is 1. The molecule has 0 N–H and O–H groups in total. The predicted molar refractivity (Wildman–Crippen MR) is 98.7 cm³/mol. The van der Waals surface area contributed by atoms with E-state index < -0.39 is 10.0 Å². The van der Waals surface area contributed by atoms with Crippen LogP contribution in [0.1, 0.15) is 22.8 Å². The number of anilines is 1. The molecular formula is C18H19ClN2O3S. The number of amides is 1. The van der Waals surface area contributed by atoms with Crippen LogP contribution in [0.3, 0.4) is 0 Å². The predicted octanol–water partition coefficient (Wildman–Crippen LogP) is 3.18. The van der Waals surface area contributed by atoms with Crippen molar-refractivity contribution >= 4 is 33.2 Å². The quantitative estimate of drug-likeness (QED) is 0.824. The highest BCUT2D eigenvalue weighted by Crippen LogP contribution is 2.34. The van der Waals surface area contributed by atoms with E-state index in [9.17, 15) is 13.2 Å². The first kappa shape index (κ1) is 17.9. The topological polar surface area (TPSA) is 57.7 Å². The van der Waals surface area contributed by atoms with Gasteiger partial charge in [0.1, 0.15) is 0 Å². The van der Waals surface area contributed by atoms with Crippen molar-refractivity contribution in [1.82, 2.24) is 4.31 Å². The van der Waals surface area contributed by atoms with E-state index in [-0.39, 0.29) is 27.4 Å². The standard InChI is InChI=1S/C18H19ClN2O3S/c1-12-10-13-6-4-5-7-17(13)21(12)18(22)15-11-14(8-9-16(15)19)25(23,24)20(2)3/h4-9,11-12H,10H2,1-3H3. The van der Waals surface area contributed by atoms with Gasteiger partial charge >= 0.3 is 0 Å². The normalized spacial score (nSPS) is 17.0. The van der Waals surface area contributed by atoms with Crippen LogP contribution in [0.15, 0.2) is 47.4 Å². The Morgan fingerprint density at radius 1 is 1.20 bits per heavy atom. The Morgan fingerprint density at radius 3 is 2.56 bits per heavy atom. The third kappa shape index (κ3) is 3.05. The number of halogens is 1. The van der Waals surface area contributed by atoms with Gasteiger partial charge in [-0.25, -0.2) is 12.7 Å².